The Bertz CT molecular complexity index is 605. The van der Waals surface area contributed by atoms with Gasteiger partial charge in [-0.25, -0.2) is 4.99 Å². The lowest BCUT2D eigenvalue weighted by Crippen LogP contribution is -2.41. The first-order chi connectivity index (χ1) is 10.7. The number of hydrogen-bond acceptors (Lipinski definition) is 4. The minimum atomic E-state index is 0.490. The number of aliphatic imine (C=N–C) groups is 1. The quantitative estimate of drug-likeness (QED) is 0.583. The number of nitrogens with one attached hydrogen (secondary N) is 2. The van der Waals surface area contributed by atoms with Gasteiger partial charge in [-0.3, -0.25) is 4.40 Å². The highest BCUT2D eigenvalue weighted by atomic mass is 15.3. The maximum atomic E-state index is 4.58. The van der Waals surface area contributed by atoms with Gasteiger partial charge in [0.1, 0.15) is 6.54 Å². The molecule has 0 spiro atoms. The molecule has 2 rings (SSSR count). The van der Waals surface area contributed by atoms with E-state index >= 15 is 0 Å². The number of fused-ring (bicyclic) bond motifs is 1. The van der Waals surface area contributed by atoms with E-state index in [0.29, 0.717) is 6.54 Å². The van der Waals surface area contributed by atoms with Crippen molar-refractivity contribution >= 4 is 11.6 Å². The number of nitrogens with zero attached hydrogens (tertiary/aromatic N) is 5. The highest BCUT2D eigenvalue weighted by Crippen LogP contribution is 2.03. The van der Waals surface area contributed by atoms with Crippen LogP contribution in [0.5, 0.6) is 0 Å². The maximum Gasteiger partial charge on any atom is 0.191 e. The van der Waals surface area contributed by atoms with Crippen LogP contribution in [0.4, 0.5) is 0 Å². The molecule has 0 fully saturated rings. The molecule has 0 amide bonds. The van der Waals surface area contributed by atoms with E-state index in [1.165, 1.54) is 0 Å². The normalized spacial score (nSPS) is 12.1. The topological polar surface area (TPSA) is 69.8 Å². The third kappa shape index (κ3) is 4.42. The van der Waals surface area contributed by atoms with Crippen molar-refractivity contribution in [3.05, 3.63) is 30.2 Å². The Hall–Kier alpha value is -2.15. The summed E-state index contributed by atoms with van der Waals surface area (Å²) in [5, 5.41) is 14.9. The molecular formula is C15H25N7. The molecule has 7 nitrogen and oxygen atoms in total. The van der Waals surface area contributed by atoms with Crippen molar-refractivity contribution in [2.45, 2.75) is 20.4 Å². The molecular weight excluding hydrogens is 278 g/mol. The molecule has 0 unspecified atom stereocenters. The molecule has 7 heteroatoms. The maximum absolute atomic E-state index is 4.58. The van der Waals surface area contributed by atoms with Crippen molar-refractivity contribution in [2.75, 3.05) is 33.2 Å². The van der Waals surface area contributed by atoms with Gasteiger partial charge in [-0.05, 0) is 32.6 Å². The van der Waals surface area contributed by atoms with E-state index in [1.807, 2.05) is 28.8 Å². The molecule has 0 atom stereocenters. The molecule has 0 aliphatic rings. The fourth-order valence-corrected chi connectivity index (χ4v) is 2.01. The minimum absolute atomic E-state index is 0.490. The van der Waals surface area contributed by atoms with E-state index in [4.69, 9.17) is 0 Å². The molecule has 2 aromatic rings. The molecule has 0 saturated carbocycles. The van der Waals surface area contributed by atoms with Crippen molar-refractivity contribution < 1.29 is 0 Å². The highest BCUT2D eigenvalue weighted by molar-refractivity contribution is 5.79. The Morgan fingerprint density at radius 3 is 2.91 bits per heavy atom. The van der Waals surface area contributed by atoms with Gasteiger partial charge in [0, 0.05) is 25.8 Å². The van der Waals surface area contributed by atoms with E-state index in [1.54, 1.807) is 0 Å². The fraction of sp³-hybridized carbons (Fsp3) is 0.533. The third-order valence-electron chi connectivity index (χ3n) is 3.43. The number of pyridine rings is 1. The van der Waals surface area contributed by atoms with Gasteiger partial charge < -0.3 is 15.5 Å². The van der Waals surface area contributed by atoms with E-state index in [9.17, 15) is 0 Å². The zero-order chi connectivity index (χ0) is 15.8. The Balaban J connectivity index is 1.97. The van der Waals surface area contributed by atoms with Crippen LogP contribution in [0.1, 0.15) is 19.7 Å². The second kappa shape index (κ2) is 8.33. The van der Waals surface area contributed by atoms with Gasteiger partial charge in [-0.2, -0.15) is 0 Å². The summed E-state index contributed by atoms with van der Waals surface area (Å²) in [5.41, 5.74) is 0.843. The summed E-state index contributed by atoms with van der Waals surface area (Å²) >= 11 is 0. The molecule has 0 saturated heterocycles. The standard InChI is InChI=1S/C15H25N7/c1-4-16-15(17-9-11-21(3)5-2)18-12-14-20-19-13-8-6-7-10-22(13)14/h6-8,10H,4-5,9,11-12H2,1-3H3,(H2,16,17,18). The van der Waals surface area contributed by atoms with Crippen LogP contribution in [0.2, 0.25) is 0 Å². The molecule has 2 aromatic heterocycles. The SMILES string of the molecule is CCNC(=NCc1nnc2ccccn12)NCCN(C)CC. The third-order valence-corrected chi connectivity index (χ3v) is 3.43. The van der Waals surface area contributed by atoms with Gasteiger partial charge in [-0.1, -0.05) is 13.0 Å². The summed E-state index contributed by atoms with van der Waals surface area (Å²) in [6.07, 6.45) is 1.96. The van der Waals surface area contributed by atoms with Gasteiger partial charge in [0.15, 0.2) is 17.4 Å². The smallest absolute Gasteiger partial charge is 0.191 e. The lowest BCUT2D eigenvalue weighted by Gasteiger charge is -2.16. The van der Waals surface area contributed by atoms with E-state index in [0.717, 1.165) is 43.6 Å². The molecule has 120 valence electrons. The van der Waals surface area contributed by atoms with Crippen LogP contribution >= 0.6 is 0 Å². The summed E-state index contributed by atoms with van der Waals surface area (Å²) < 4.78 is 1.96. The number of aromatic nitrogens is 3. The first-order valence-corrected chi connectivity index (χ1v) is 7.74. The molecule has 0 aliphatic carbocycles. The number of rotatable bonds is 7. The molecule has 0 aliphatic heterocycles. The Morgan fingerprint density at radius 2 is 2.14 bits per heavy atom. The van der Waals surface area contributed by atoms with Crippen LogP contribution in [0.25, 0.3) is 5.65 Å². The predicted octanol–water partition coefficient (Wildman–Crippen LogP) is 0.736. The van der Waals surface area contributed by atoms with Crippen LogP contribution in [0.15, 0.2) is 29.4 Å². The van der Waals surface area contributed by atoms with Crippen LogP contribution in [0.3, 0.4) is 0 Å². The van der Waals surface area contributed by atoms with Gasteiger partial charge in [0.2, 0.25) is 0 Å². The largest absolute Gasteiger partial charge is 0.357 e. The summed E-state index contributed by atoms with van der Waals surface area (Å²) in [7, 11) is 2.11. The number of guanidine groups is 1. The second-order valence-corrected chi connectivity index (χ2v) is 5.06. The molecule has 0 aromatic carbocycles. The van der Waals surface area contributed by atoms with Crippen LogP contribution in [-0.4, -0.2) is 58.7 Å². The van der Waals surface area contributed by atoms with Crippen LogP contribution < -0.4 is 10.6 Å². The molecule has 0 radical (unpaired) electrons. The molecule has 2 N–H and O–H groups in total. The summed E-state index contributed by atoms with van der Waals surface area (Å²) in [6.45, 7) is 8.41. The lowest BCUT2D eigenvalue weighted by atomic mass is 10.4. The predicted molar refractivity (Wildman–Crippen MR) is 89.0 cm³/mol. The van der Waals surface area contributed by atoms with E-state index in [2.05, 4.69) is 51.6 Å². The second-order valence-electron chi connectivity index (χ2n) is 5.06. The summed E-state index contributed by atoms with van der Waals surface area (Å²) in [6, 6.07) is 5.85. The summed E-state index contributed by atoms with van der Waals surface area (Å²) in [5.74, 6) is 1.64. The van der Waals surface area contributed by atoms with Gasteiger partial charge in [-0.15, -0.1) is 10.2 Å². The van der Waals surface area contributed by atoms with Crippen molar-refractivity contribution in [1.29, 1.82) is 0 Å². The highest BCUT2D eigenvalue weighted by Gasteiger charge is 2.04. The van der Waals surface area contributed by atoms with E-state index < -0.39 is 0 Å². The van der Waals surface area contributed by atoms with Crippen LogP contribution in [0, 0.1) is 0 Å². The molecule has 0 bridgehead atoms. The zero-order valence-corrected chi connectivity index (χ0v) is 13.6. The average molecular weight is 303 g/mol. The number of hydrogen-bond donors (Lipinski definition) is 2. The first kappa shape index (κ1) is 16.2. The van der Waals surface area contributed by atoms with Crippen LogP contribution in [-0.2, 0) is 6.54 Å². The first-order valence-electron chi connectivity index (χ1n) is 7.74. The monoisotopic (exact) mass is 303 g/mol. The minimum Gasteiger partial charge on any atom is -0.357 e. The van der Waals surface area contributed by atoms with Crippen molar-refractivity contribution in [3.8, 4) is 0 Å². The van der Waals surface area contributed by atoms with Gasteiger partial charge in [0.25, 0.3) is 0 Å². The van der Waals surface area contributed by atoms with E-state index in [-0.39, 0.29) is 0 Å². The zero-order valence-electron chi connectivity index (χ0n) is 13.6. The fourth-order valence-electron chi connectivity index (χ4n) is 2.01. The number of likely N-dealkylation sites (N-methyl/N-ethyl adjacent to an activating group) is 1. The Kier molecular flexibility index (Phi) is 6.14. The van der Waals surface area contributed by atoms with Crippen molar-refractivity contribution in [1.82, 2.24) is 30.1 Å². The van der Waals surface area contributed by atoms with Gasteiger partial charge >= 0.3 is 0 Å². The Morgan fingerprint density at radius 1 is 1.27 bits per heavy atom. The summed E-state index contributed by atoms with van der Waals surface area (Å²) in [4.78, 5) is 6.83. The lowest BCUT2D eigenvalue weighted by molar-refractivity contribution is 0.357. The van der Waals surface area contributed by atoms with Crippen molar-refractivity contribution in [2.24, 2.45) is 4.99 Å². The average Bonchev–Trinajstić information content (AvgIpc) is 2.95. The van der Waals surface area contributed by atoms with Crippen molar-refractivity contribution in [3.63, 3.8) is 0 Å². The molecule has 2 heterocycles. The molecule has 22 heavy (non-hydrogen) atoms. The Labute approximate surface area is 131 Å². The van der Waals surface area contributed by atoms with Gasteiger partial charge in [0.05, 0.1) is 0 Å².